The summed E-state index contributed by atoms with van der Waals surface area (Å²) in [5.74, 6) is 0. The molecule has 1 heterocycles. The average molecular weight is 264 g/mol. The van der Waals surface area contributed by atoms with Crippen LogP contribution in [0.1, 0.15) is 36.4 Å². The monoisotopic (exact) mass is 263 g/mol. The molecular formula is C12H13ClF3N. The van der Waals surface area contributed by atoms with Gasteiger partial charge in [0.15, 0.2) is 0 Å². The van der Waals surface area contributed by atoms with Crippen LogP contribution in [0.4, 0.5) is 13.2 Å². The Kier molecular flexibility index (Phi) is 3.64. The van der Waals surface area contributed by atoms with E-state index >= 15 is 0 Å². The number of piperidine rings is 1. The van der Waals surface area contributed by atoms with Crippen LogP contribution in [-0.2, 0) is 6.18 Å². The van der Waals surface area contributed by atoms with Gasteiger partial charge in [0.25, 0.3) is 0 Å². The molecule has 94 valence electrons. The first kappa shape index (κ1) is 12.7. The molecule has 1 aliphatic heterocycles. The fourth-order valence-corrected chi connectivity index (χ4v) is 2.37. The van der Waals surface area contributed by atoms with Gasteiger partial charge in [-0.1, -0.05) is 24.1 Å². The molecule has 0 radical (unpaired) electrons. The predicted octanol–water partition coefficient (Wildman–Crippen LogP) is 4.17. The second-order valence-electron chi connectivity index (χ2n) is 4.23. The van der Waals surface area contributed by atoms with Gasteiger partial charge < -0.3 is 5.32 Å². The highest BCUT2D eigenvalue weighted by Crippen LogP contribution is 2.38. The second-order valence-corrected chi connectivity index (χ2v) is 4.67. The van der Waals surface area contributed by atoms with Crippen molar-refractivity contribution in [2.45, 2.75) is 31.5 Å². The number of hydrogen-bond donors (Lipinski definition) is 1. The third-order valence-electron chi connectivity index (χ3n) is 3.01. The van der Waals surface area contributed by atoms with E-state index in [4.69, 9.17) is 11.6 Å². The van der Waals surface area contributed by atoms with Gasteiger partial charge in [-0.25, -0.2) is 0 Å². The highest BCUT2D eigenvalue weighted by atomic mass is 35.5. The third-order valence-corrected chi connectivity index (χ3v) is 3.24. The molecule has 1 saturated heterocycles. The van der Waals surface area contributed by atoms with Gasteiger partial charge in [0.05, 0.1) is 5.56 Å². The first-order valence-corrected chi connectivity index (χ1v) is 5.96. The average Bonchev–Trinajstić information content (AvgIpc) is 2.29. The predicted molar refractivity (Wildman–Crippen MR) is 61.0 cm³/mol. The molecule has 1 aromatic carbocycles. The van der Waals surface area contributed by atoms with E-state index in [1.54, 1.807) is 0 Å². The lowest BCUT2D eigenvalue weighted by molar-refractivity contribution is -0.138. The molecule has 0 spiro atoms. The van der Waals surface area contributed by atoms with Crippen LogP contribution >= 0.6 is 11.6 Å². The Balaban J connectivity index is 2.38. The summed E-state index contributed by atoms with van der Waals surface area (Å²) in [5.41, 5.74) is -0.314. The summed E-state index contributed by atoms with van der Waals surface area (Å²) < 4.78 is 38.7. The summed E-state index contributed by atoms with van der Waals surface area (Å²) in [5, 5.41) is 3.25. The molecule has 0 saturated carbocycles. The minimum absolute atomic E-state index is 0.122. The summed E-state index contributed by atoms with van der Waals surface area (Å²) in [6.45, 7) is 0.768. The number of benzene rings is 1. The van der Waals surface area contributed by atoms with Crippen molar-refractivity contribution in [2.75, 3.05) is 6.54 Å². The molecule has 0 unspecified atom stereocenters. The van der Waals surface area contributed by atoms with E-state index in [2.05, 4.69) is 5.32 Å². The molecule has 0 bridgehead atoms. The number of halogens is 4. The Morgan fingerprint density at radius 2 is 2.00 bits per heavy atom. The molecule has 1 fully saturated rings. The van der Waals surface area contributed by atoms with E-state index in [9.17, 15) is 13.2 Å². The summed E-state index contributed by atoms with van der Waals surface area (Å²) >= 11 is 5.64. The van der Waals surface area contributed by atoms with Crippen LogP contribution in [0.3, 0.4) is 0 Å². The smallest absolute Gasteiger partial charge is 0.310 e. The molecule has 0 aromatic heterocycles. The molecule has 17 heavy (non-hydrogen) atoms. The molecular weight excluding hydrogens is 251 g/mol. The van der Waals surface area contributed by atoms with Gasteiger partial charge in [-0.15, -0.1) is 0 Å². The van der Waals surface area contributed by atoms with Crippen LogP contribution in [0.25, 0.3) is 0 Å². The Labute approximate surface area is 103 Å². The standard InChI is InChI=1S/C12H13ClF3N/c13-8-4-5-9(10(7-8)12(14,15)16)11-3-1-2-6-17-11/h4-5,7,11,17H,1-3,6H2/t11-/m1/s1. The van der Waals surface area contributed by atoms with Gasteiger partial charge in [-0.2, -0.15) is 13.2 Å². The van der Waals surface area contributed by atoms with Gasteiger partial charge in [0.2, 0.25) is 0 Å². The van der Waals surface area contributed by atoms with Crippen molar-refractivity contribution in [1.82, 2.24) is 5.32 Å². The van der Waals surface area contributed by atoms with Gasteiger partial charge in [0, 0.05) is 11.1 Å². The minimum Gasteiger partial charge on any atom is -0.310 e. The van der Waals surface area contributed by atoms with E-state index in [-0.39, 0.29) is 11.1 Å². The Bertz CT molecular complexity index is 397. The van der Waals surface area contributed by atoms with Crippen molar-refractivity contribution in [3.8, 4) is 0 Å². The van der Waals surface area contributed by atoms with Crippen molar-refractivity contribution in [3.05, 3.63) is 34.3 Å². The lowest BCUT2D eigenvalue weighted by Crippen LogP contribution is -2.28. The largest absolute Gasteiger partial charge is 0.416 e. The zero-order valence-corrected chi connectivity index (χ0v) is 9.91. The topological polar surface area (TPSA) is 12.0 Å². The molecule has 1 nitrogen and oxygen atoms in total. The van der Waals surface area contributed by atoms with Crippen LogP contribution in [0.5, 0.6) is 0 Å². The van der Waals surface area contributed by atoms with Crippen LogP contribution in [0.15, 0.2) is 18.2 Å². The molecule has 0 aliphatic carbocycles. The van der Waals surface area contributed by atoms with E-state index in [0.717, 1.165) is 31.9 Å². The quantitative estimate of drug-likeness (QED) is 0.802. The number of hydrogen-bond acceptors (Lipinski definition) is 1. The maximum Gasteiger partial charge on any atom is 0.416 e. The summed E-state index contributed by atoms with van der Waals surface area (Å²) in [6, 6.07) is 3.79. The van der Waals surface area contributed by atoms with Crippen molar-refractivity contribution in [1.29, 1.82) is 0 Å². The zero-order valence-electron chi connectivity index (χ0n) is 9.15. The van der Waals surface area contributed by atoms with E-state index in [1.165, 1.54) is 12.1 Å². The van der Waals surface area contributed by atoms with Gasteiger partial charge in [0.1, 0.15) is 0 Å². The highest BCUT2D eigenvalue weighted by molar-refractivity contribution is 6.30. The Morgan fingerprint density at radius 1 is 1.24 bits per heavy atom. The van der Waals surface area contributed by atoms with Crippen LogP contribution in [0.2, 0.25) is 5.02 Å². The van der Waals surface area contributed by atoms with Crippen molar-refractivity contribution in [3.63, 3.8) is 0 Å². The fourth-order valence-electron chi connectivity index (χ4n) is 2.20. The second kappa shape index (κ2) is 4.86. The maximum absolute atomic E-state index is 12.9. The van der Waals surface area contributed by atoms with Crippen LogP contribution in [-0.4, -0.2) is 6.54 Å². The molecule has 1 N–H and O–H groups in total. The normalized spacial score (nSPS) is 21.5. The van der Waals surface area contributed by atoms with Gasteiger partial charge in [-0.05, 0) is 37.1 Å². The van der Waals surface area contributed by atoms with Crippen LogP contribution < -0.4 is 5.32 Å². The van der Waals surface area contributed by atoms with Gasteiger partial charge in [-0.3, -0.25) is 0 Å². The van der Waals surface area contributed by atoms with E-state index in [1.807, 2.05) is 0 Å². The third kappa shape index (κ3) is 2.93. The molecule has 1 aromatic rings. The lowest BCUT2D eigenvalue weighted by atomic mass is 9.93. The van der Waals surface area contributed by atoms with E-state index in [0.29, 0.717) is 5.56 Å². The highest BCUT2D eigenvalue weighted by Gasteiger charge is 2.35. The Hall–Kier alpha value is -0.740. The van der Waals surface area contributed by atoms with Crippen molar-refractivity contribution < 1.29 is 13.2 Å². The van der Waals surface area contributed by atoms with Crippen molar-refractivity contribution >= 4 is 11.6 Å². The minimum atomic E-state index is -4.35. The summed E-state index contributed by atoms with van der Waals surface area (Å²) in [6.07, 6.45) is -1.63. The fraction of sp³-hybridized carbons (Fsp3) is 0.500. The molecule has 2 rings (SSSR count). The first-order chi connectivity index (χ1) is 7.98. The van der Waals surface area contributed by atoms with Crippen LogP contribution in [0, 0.1) is 0 Å². The number of nitrogens with one attached hydrogen (secondary N) is 1. The summed E-state index contributed by atoms with van der Waals surface area (Å²) in [7, 11) is 0. The van der Waals surface area contributed by atoms with Crippen molar-refractivity contribution in [2.24, 2.45) is 0 Å². The maximum atomic E-state index is 12.9. The number of rotatable bonds is 1. The summed E-state index contributed by atoms with van der Waals surface area (Å²) in [4.78, 5) is 0. The SMILES string of the molecule is FC(F)(F)c1cc(Cl)ccc1[C@H]1CCCCN1. The van der Waals surface area contributed by atoms with Gasteiger partial charge >= 0.3 is 6.18 Å². The molecule has 1 aliphatic rings. The first-order valence-electron chi connectivity index (χ1n) is 5.58. The van der Waals surface area contributed by atoms with E-state index < -0.39 is 11.7 Å². The molecule has 1 atom stereocenters. The number of alkyl halides is 3. The molecule has 0 amide bonds. The zero-order chi connectivity index (χ0) is 12.5. The Morgan fingerprint density at radius 3 is 2.59 bits per heavy atom. The lowest BCUT2D eigenvalue weighted by Gasteiger charge is -2.26. The molecule has 5 heteroatoms.